The third-order valence-electron chi connectivity index (χ3n) is 6.00. The fraction of sp³-hybridized carbons (Fsp3) is 0.429. The molecule has 5 heteroatoms. The number of unbranched alkanes of at least 4 members (excludes halogenated alkanes) is 2. The van der Waals surface area contributed by atoms with Crippen molar-refractivity contribution in [2.45, 2.75) is 77.7 Å². The van der Waals surface area contributed by atoms with Crippen LogP contribution < -0.4 is 5.32 Å². The van der Waals surface area contributed by atoms with Gasteiger partial charge in [-0.3, -0.25) is 9.48 Å². The quantitative estimate of drug-likeness (QED) is 0.314. The maximum atomic E-state index is 13.3. The van der Waals surface area contributed by atoms with Crippen molar-refractivity contribution in [1.82, 2.24) is 9.78 Å². The molecular weight excluding hydrogens is 430 g/mol. The smallest absolute Gasteiger partial charge is 0.224 e. The van der Waals surface area contributed by atoms with Gasteiger partial charge < -0.3 is 5.32 Å². The van der Waals surface area contributed by atoms with Crippen molar-refractivity contribution in [1.29, 1.82) is 0 Å². The molecule has 1 atom stereocenters. The van der Waals surface area contributed by atoms with Crippen LogP contribution in [0, 0.1) is 0 Å². The van der Waals surface area contributed by atoms with Crippen LogP contribution in [0.25, 0.3) is 0 Å². The van der Waals surface area contributed by atoms with E-state index in [0.29, 0.717) is 13.0 Å². The standard InChI is InChI=1S/C28H36ClN3O/c1-5-6-7-11-22(23-12-8-9-13-25(23)29)19-27(33)31-26-18-21(20-32-17-10-16-30-32)14-15-24(26)28(2,3)4/h8-10,12-18,22H,5-7,11,19-20H2,1-4H3,(H,31,33). The summed E-state index contributed by atoms with van der Waals surface area (Å²) in [6.07, 6.45) is 8.49. The molecule has 1 aromatic heterocycles. The number of carbonyl (C=O) groups is 1. The summed E-state index contributed by atoms with van der Waals surface area (Å²) in [5.74, 6) is 0.133. The van der Waals surface area contributed by atoms with Crippen LogP contribution in [-0.4, -0.2) is 15.7 Å². The molecule has 0 aliphatic rings. The Kier molecular flexibility index (Phi) is 8.74. The highest BCUT2D eigenvalue weighted by Crippen LogP contribution is 2.34. The molecule has 0 aliphatic heterocycles. The molecule has 0 aliphatic carbocycles. The molecule has 1 N–H and O–H groups in total. The van der Waals surface area contributed by atoms with Gasteiger partial charge in [0, 0.05) is 29.5 Å². The van der Waals surface area contributed by atoms with Crippen molar-refractivity contribution < 1.29 is 4.79 Å². The lowest BCUT2D eigenvalue weighted by Gasteiger charge is -2.25. The van der Waals surface area contributed by atoms with Gasteiger partial charge >= 0.3 is 0 Å². The first-order valence-corrected chi connectivity index (χ1v) is 12.3. The van der Waals surface area contributed by atoms with E-state index in [-0.39, 0.29) is 17.2 Å². The molecule has 0 fully saturated rings. The Bertz CT molecular complexity index is 1040. The molecule has 176 valence electrons. The third kappa shape index (κ3) is 7.20. The van der Waals surface area contributed by atoms with Crippen LogP contribution in [0.3, 0.4) is 0 Å². The van der Waals surface area contributed by atoms with Gasteiger partial charge in [0.1, 0.15) is 0 Å². The number of benzene rings is 2. The van der Waals surface area contributed by atoms with Crippen LogP contribution in [0.2, 0.25) is 5.02 Å². The van der Waals surface area contributed by atoms with Crippen LogP contribution in [0.5, 0.6) is 0 Å². The number of amides is 1. The van der Waals surface area contributed by atoms with Crippen molar-refractivity contribution in [3.8, 4) is 0 Å². The number of hydrogen-bond acceptors (Lipinski definition) is 2. The Morgan fingerprint density at radius 2 is 1.91 bits per heavy atom. The largest absolute Gasteiger partial charge is 0.326 e. The molecular formula is C28H36ClN3O. The van der Waals surface area contributed by atoms with Gasteiger partial charge in [-0.05, 0) is 52.6 Å². The van der Waals surface area contributed by atoms with Crippen LogP contribution in [0.1, 0.15) is 82.4 Å². The highest BCUT2D eigenvalue weighted by molar-refractivity contribution is 6.31. The van der Waals surface area contributed by atoms with Crippen molar-refractivity contribution in [2.24, 2.45) is 0 Å². The van der Waals surface area contributed by atoms with Crippen molar-refractivity contribution in [2.75, 3.05) is 5.32 Å². The summed E-state index contributed by atoms with van der Waals surface area (Å²) >= 11 is 6.51. The number of carbonyl (C=O) groups excluding carboxylic acids is 1. The van der Waals surface area contributed by atoms with Gasteiger partial charge in [-0.15, -0.1) is 0 Å². The first-order chi connectivity index (χ1) is 15.8. The summed E-state index contributed by atoms with van der Waals surface area (Å²) in [4.78, 5) is 13.3. The first kappa shape index (κ1) is 25.0. The molecule has 3 rings (SSSR count). The second-order valence-corrected chi connectivity index (χ2v) is 10.2. The monoisotopic (exact) mass is 465 g/mol. The molecule has 2 aromatic carbocycles. The van der Waals surface area contributed by atoms with E-state index in [0.717, 1.165) is 53.1 Å². The molecule has 0 saturated heterocycles. The lowest BCUT2D eigenvalue weighted by atomic mass is 9.85. The Morgan fingerprint density at radius 1 is 1.12 bits per heavy atom. The van der Waals surface area contributed by atoms with Gasteiger partial charge in [-0.25, -0.2) is 0 Å². The third-order valence-corrected chi connectivity index (χ3v) is 6.35. The average molecular weight is 466 g/mol. The summed E-state index contributed by atoms with van der Waals surface area (Å²) in [5.41, 5.74) is 4.08. The number of hydrogen-bond donors (Lipinski definition) is 1. The number of nitrogens with one attached hydrogen (secondary N) is 1. The van der Waals surface area contributed by atoms with Crippen LogP contribution in [0.15, 0.2) is 60.9 Å². The summed E-state index contributed by atoms with van der Waals surface area (Å²) < 4.78 is 1.89. The normalized spacial score (nSPS) is 12.5. The molecule has 0 radical (unpaired) electrons. The predicted molar refractivity (Wildman–Crippen MR) is 138 cm³/mol. The molecule has 0 saturated carbocycles. The Balaban J connectivity index is 1.81. The lowest BCUT2D eigenvalue weighted by molar-refractivity contribution is -0.116. The lowest BCUT2D eigenvalue weighted by Crippen LogP contribution is -2.21. The topological polar surface area (TPSA) is 46.9 Å². The molecule has 1 heterocycles. The summed E-state index contributed by atoms with van der Waals surface area (Å²) in [7, 11) is 0. The van der Waals surface area contributed by atoms with E-state index in [1.54, 1.807) is 6.20 Å². The van der Waals surface area contributed by atoms with Gasteiger partial charge in [-0.2, -0.15) is 5.10 Å². The van der Waals surface area contributed by atoms with Crippen molar-refractivity contribution in [3.05, 3.63) is 82.6 Å². The molecule has 0 spiro atoms. The van der Waals surface area contributed by atoms with Crippen LogP contribution >= 0.6 is 11.6 Å². The minimum absolute atomic E-state index is 0.0261. The van der Waals surface area contributed by atoms with E-state index in [9.17, 15) is 4.79 Å². The minimum atomic E-state index is -0.0872. The number of anilines is 1. The number of aromatic nitrogens is 2. The van der Waals surface area contributed by atoms with Gasteiger partial charge in [0.05, 0.1) is 6.54 Å². The zero-order valence-electron chi connectivity index (χ0n) is 20.3. The van der Waals surface area contributed by atoms with Gasteiger partial charge in [0.15, 0.2) is 0 Å². The summed E-state index contributed by atoms with van der Waals surface area (Å²) in [6.45, 7) is 9.37. The Labute approximate surface area is 203 Å². The van der Waals surface area contributed by atoms with Crippen LogP contribution in [0.4, 0.5) is 5.69 Å². The van der Waals surface area contributed by atoms with Crippen molar-refractivity contribution in [3.63, 3.8) is 0 Å². The molecule has 3 aromatic rings. The van der Waals surface area contributed by atoms with Gasteiger partial charge in [0.2, 0.25) is 5.91 Å². The SMILES string of the molecule is CCCCCC(CC(=O)Nc1cc(Cn2cccn2)ccc1C(C)(C)C)c1ccccc1Cl. The van der Waals surface area contributed by atoms with E-state index < -0.39 is 0 Å². The molecule has 0 bridgehead atoms. The number of rotatable bonds is 10. The molecule has 1 unspecified atom stereocenters. The Hall–Kier alpha value is -2.59. The van der Waals surface area contributed by atoms with E-state index in [1.807, 2.05) is 35.1 Å². The van der Waals surface area contributed by atoms with E-state index in [1.165, 1.54) is 0 Å². The van der Waals surface area contributed by atoms with Gasteiger partial charge in [0.25, 0.3) is 0 Å². The van der Waals surface area contributed by atoms with Gasteiger partial charge in [-0.1, -0.05) is 88.9 Å². The fourth-order valence-electron chi connectivity index (χ4n) is 4.27. The number of halogens is 1. The second-order valence-electron chi connectivity index (χ2n) is 9.80. The maximum Gasteiger partial charge on any atom is 0.224 e. The first-order valence-electron chi connectivity index (χ1n) is 11.9. The van der Waals surface area contributed by atoms with Crippen molar-refractivity contribution >= 4 is 23.2 Å². The number of nitrogens with zero attached hydrogens (tertiary/aromatic N) is 2. The second kappa shape index (κ2) is 11.5. The maximum absolute atomic E-state index is 13.3. The van der Waals surface area contributed by atoms with E-state index in [2.05, 4.69) is 62.4 Å². The predicted octanol–water partition coefficient (Wildman–Crippen LogP) is 7.58. The molecule has 33 heavy (non-hydrogen) atoms. The Morgan fingerprint density at radius 3 is 2.58 bits per heavy atom. The van der Waals surface area contributed by atoms with Crippen LogP contribution in [-0.2, 0) is 16.8 Å². The molecule has 1 amide bonds. The highest BCUT2D eigenvalue weighted by atomic mass is 35.5. The highest BCUT2D eigenvalue weighted by Gasteiger charge is 2.22. The summed E-state index contributed by atoms with van der Waals surface area (Å²) in [5, 5.41) is 8.28. The zero-order valence-corrected chi connectivity index (χ0v) is 21.0. The van der Waals surface area contributed by atoms with E-state index in [4.69, 9.17) is 11.6 Å². The molecule has 4 nitrogen and oxygen atoms in total. The minimum Gasteiger partial charge on any atom is -0.326 e. The summed E-state index contributed by atoms with van der Waals surface area (Å²) in [6, 6.07) is 16.2. The zero-order chi connectivity index (χ0) is 23.8. The fourth-order valence-corrected chi connectivity index (χ4v) is 4.56. The van der Waals surface area contributed by atoms with E-state index >= 15 is 0 Å². The average Bonchev–Trinajstić information content (AvgIpc) is 3.26.